The van der Waals surface area contributed by atoms with Crippen LogP contribution < -0.4 is 0 Å². The molecule has 2 aromatic heterocycles. The highest BCUT2D eigenvalue weighted by molar-refractivity contribution is 7.99. The lowest BCUT2D eigenvalue weighted by Gasteiger charge is -2.12. The van der Waals surface area contributed by atoms with Crippen molar-refractivity contribution < 1.29 is 18.3 Å². The average molecular weight is 290 g/mol. The van der Waals surface area contributed by atoms with Gasteiger partial charge in [-0.1, -0.05) is 11.8 Å². The van der Waals surface area contributed by atoms with Gasteiger partial charge in [0.25, 0.3) is 0 Å². The fraction of sp³-hybridized carbons (Fsp3) is 0.300. The van der Waals surface area contributed by atoms with E-state index in [9.17, 15) is 13.2 Å². The van der Waals surface area contributed by atoms with Gasteiger partial charge in [-0.3, -0.25) is 10.1 Å². The predicted molar refractivity (Wildman–Crippen MR) is 62.4 cm³/mol. The van der Waals surface area contributed by atoms with Crippen LogP contribution in [-0.4, -0.2) is 43.3 Å². The zero-order valence-corrected chi connectivity index (χ0v) is 10.2. The van der Waals surface area contributed by atoms with Gasteiger partial charge in [-0.25, -0.2) is 4.98 Å². The Balaban J connectivity index is 1.99. The Morgan fingerprint density at radius 3 is 2.84 bits per heavy atom. The molecule has 5 nitrogen and oxygen atoms in total. The van der Waals surface area contributed by atoms with Gasteiger partial charge in [-0.2, -0.15) is 13.2 Å². The molecule has 0 aliphatic heterocycles. The maximum atomic E-state index is 12.1. The molecule has 102 valence electrons. The van der Waals surface area contributed by atoms with Gasteiger partial charge in [0, 0.05) is 23.7 Å². The van der Waals surface area contributed by atoms with Gasteiger partial charge in [0.05, 0.1) is 0 Å². The monoisotopic (exact) mass is 290 g/mol. The van der Waals surface area contributed by atoms with Crippen LogP contribution in [0.4, 0.5) is 13.2 Å². The molecule has 0 aliphatic carbocycles. The average Bonchev–Trinajstić information content (AvgIpc) is 2.84. The van der Waals surface area contributed by atoms with E-state index in [1.807, 2.05) is 0 Å². The van der Waals surface area contributed by atoms with Crippen molar-refractivity contribution >= 4 is 11.8 Å². The van der Waals surface area contributed by atoms with E-state index in [0.717, 1.165) is 11.8 Å². The summed E-state index contributed by atoms with van der Waals surface area (Å²) in [5.41, 5.74) is 0.679. The summed E-state index contributed by atoms with van der Waals surface area (Å²) < 4.78 is 36.3. The van der Waals surface area contributed by atoms with E-state index >= 15 is 0 Å². The predicted octanol–water partition coefficient (Wildman–Crippen LogP) is 1.88. The molecule has 2 aromatic rings. The maximum Gasteiger partial charge on any atom is 0.415 e. The molecule has 9 heteroatoms. The van der Waals surface area contributed by atoms with Crippen LogP contribution in [0.15, 0.2) is 29.7 Å². The number of hydrogen-bond acceptors (Lipinski definition) is 5. The van der Waals surface area contributed by atoms with Crippen molar-refractivity contribution in [2.24, 2.45) is 0 Å². The third-order valence-corrected chi connectivity index (χ3v) is 3.07. The number of aliphatic hydroxyl groups is 1. The van der Waals surface area contributed by atoms with Crippen LogP contribution in [0.1, 0.15) is 0 Å². The van der Waals surface area contributed by atoms with Gasteiger partial charge in [-0.15, -0.1) is 5.10 Å². The Hall–Kier alpha value is -1.61. The van der Waals surface area contributed by atoms with Crippen molar-refractivity contribution in [3.05, 3.63) is 24.5 Å². The molecule has 0 fully saturated rings. The van der Waals surface area contributed by atoms with Crippen molar-refractivity contribution in [2.45, 2.75) is 17.4 Å². The Kier molecular flexibility index (Phi) is 4.05. The van der Waals surface area contributed by atoms with Crippen molar-refractivity contribution in [1.29, 1.82) is 0 Å². The van der Waals surface area contributed by atoms with Crippen LogP contribution in [0.2, 0.25) is 0 Å². The first kappa shape index (κ1) is 13.8. The highest BCUT2D eigenvalue weighted by Crippen LogP contribution is 2.25. The van der Waals surface area contributed by atoms with E-state index in [1.165, 1.54) is 0 Å². The normalized spacial score (nSPS) is 13.5. The van der Waals surface area contributed by atoms with Crippen molar-refractivity contribution in [3.63, 3.8) is 0 Å². The zero-order chi connectivity index (χ0) is 13.9. The number of nitrogens with one attached hydrogen (secondary N) is 1. The number of aromatic amines is 1. The highest BCUT2D eigenvalue weighted by Gasteiger charge is 2.38. The second-order valence-corrected chi connectivity index (χ2v) is 4.56. The van der Waals surface area contributed by atoms with E-state index in [-0.39, 0.29) is 5.16 Å². The lowest BCUT2D eigenvalue weighted by molar-refractivity contribution is -0.195. The Morgan fingerprint density at radius 1 is 1.42 bits per heavy atom. The molecule has 2 rings (SSSR count). The third kappa shape index (κ3) is 3.67. The summed E-state index contributed by atoms with van der Waals surface area (Å²) in [6, 6.07) is 3.45. The smallest absolute Gasteiger partial charge is 0.383 e. The summed E-state index contributed by atoms with van der Waals surface area (Å²) in [6.07, 6.45) is -3.87. The minimum Gasteiger partial charge on any atom is -0.383 e. The molecule has 0 saturated carbocycles. The molecular weight excluding hydrogens is 281 g/mol. The van der Waals surface area contributed by atoms with Crippen molar-refractivity contribution in [3.8, 4) is 11.4 Å². The van der Waals surface area contributed by atoms with Gasteiger partial charge in [0.2, 0.25) is 5.16 Å². The van der Waals surface area contributed by atoms with Crippen LogP contribution in [0.3, 0.4) is 0 Å². The standard InChI is InChI=1S/C10H9F3N4OS/c11-10(12,13)7(18)5-19-9-15-8(16-17-9)6-2-1-3-14-4-6/h1-4,7,18H,5H2,(H,15,16,17). The van der Waals surface area contributed by atoms with Gasteiger partial charge in [0.15, 0.2) is 11.9 Å². The van der Waals surface area contributed by atoms with E-state index in [4.69, 9.17) is 5.11 Å². The molecule has 2 N–H and O–H groups in total. The number of aliphatic hydroxyl groups excluding tert-OH is 1. The first-order valence-corrected chi connectivity index (χ1v) is 6.16. The van der Waals surface area contributed by atoms with Gasteiger partial charge >= 0.3 is 6.18 Å². The molecule has 0 saturated heterocycles. The summed E-state index contributed by atoms with van der Waals surface area (Å²) in [4.78, 5) is 7.91. The number of H-pyrrole nitrogens is 1. The van der Waals surface area contributed by atoms with Gasteiger partial charge in [-0.05, 0) is 12.1 Å². The Bertz CT molecular complexity index is 531. The van der Waals surface area contributed by atoms with Gasteiger partial charge in [0.1, 0.15) is 0 Å². The van der Waals surface area contributed by atoms with Gasteiger partial charge < -0.3 is 5.11 Å². The van der Waals surface area contributed by atoms with Crippen molar-refractivity contribution in [2.75, 3.05) is 5.75 Å². The van der Waals surface area contributed by atoms with Crippen molar-refractivity contribution in [1.82, 2.24) is 20.2 Å². The third-order valence-electron chi connectivity index (χ3n) is 2.15. The second-order valence-electron chi connectivity index (χ2n) is 3.58. The molecule has 0 amide bonds. The Labute approximate surface area is 110 Å². The highest BCUT2D eigenvalue weighted by atomic mass is 32.2. The lowest BCUT2D eigenvalue weighted by atomic mass is 10.3. The van der Waals surface area contributed by atoms with E-state index in [2.05, 4.69) is 20.2 Å². The lowest BCUT2D eigenvalue weighted by Crippen LogP contribution is -2.30. The number of thioether (sulfide) groups is 1. The first-order valence-electron chi connectivity index (χ1n) is 5.17. The van der Waals surface area contributed by atoms with Crippen LogP contribution in [-0.2, 0) is 0 Å². The molecule has 0 radical (unpaired) electrons. The van der Waals surface area contributed by atoms with E-state index in [0.29, 0.717) is 11.4 Å². The minimum absolute atomic E-state index is 0.141. The van der Waals surface area contributed by atoms with E-state index in [1.54, 1.807) is 24.5 Å². The topological polar surface area (TPSA) is 74.7 Å². The molecule has 0 aliphatic rings. The molecule has 2 heterocycles. The SMILES string of the molecule is OC(CSc1n[nH]c(-c2cccnc2)n1)C(F)(F)F. The van der Waals surface area contributed by atoms with Crippen LogP contribution in [0.25, 0.3) is 11.4 Å². The zero-order valence-electron chi connectivity index (χ0n) is 9.42. The fourth-order valence-corrected chi connectivity index (χ4v) is 1.95. The molecule has 0 aromatic carbocycles. The second kappa shape index (κ2) is 5.57. The Morgan fingerprint density at radius 2 is 2.21 bits per heavy atom. The molecule has 0 bridgehead atoms. The summed E-state index contributed by atoms with van der Waals surface area (Å²) in [6.45, 7) is 0. The number of halogens is 3. The summed E-state index contributed by atoms with van der Waals surface area (Å²) in [5.74, 6) is -0.134. The molecular formula is C10H9F3N4OS. The summed E-state index contributed by atoms with van der Waals surface area (Å²) in [7, 11) is 0. The molecule has 19 heavy (non-hydrogen) atoms. The molecule has 0 spiro atoms. The minimum atomic E-state index is -4.63. The first-order chi connectivity index (χ1) is 8.97. The number of hydrogen-bond donors (Lipinski definition) is 2. The number of nitrogens with zero attached hydrogens (tertiary/aromatic N) is 3. The van der Waals surface area contributed by atoms with E-state index < -0.39 is 18.0 Å². The summed E-state index contributed by atoms with van der Waals surface area (Å²) >= 11 is 0.727. The van der Waals surface area contributed by atoms with Crippen LogP contribution in [0.5, 0.6) is 0 Å². The summed E-state index contributed by atoms with van der Waals surface area (Å²) in [5, 5.41) is 15.4. The molecule has 1 atom stereocenters. The maximum absolute atomic E-state index is 12.1. The number of alkyl halides is 3. The largest absolute Gasteiger partial charge is 0.415 e. The quantitative estimate of drug-likeness (QED) is 0.841. The number of aromatic nitrogens is 4. The fourth-order valence-electron chi connectivity index (χ4n) is 1.19. The number of rotatable bonds is 4. The molecule has 1 unspecified atom stereocenters. The number of pyridine rings is 1. The van der Waals surface area contributed by atoms with Crippen LogP contribution >= 0.6 is 11.8 Å². The van der Waals surface area contributed by atoms with Crippen LogP contribution in [0, 0.1) is 0 Å².